The summed E-state index contributed by atoms with van der Waals surface area (Å²) in [6, 6.07) is 6.80. The molecule has 1 aliphatic rings. The van der Waals surface area contributed by atoms with E-state index in [9.17, 15) is 8.42 Å². The van der Waals surface area contributed by atoms with Gasteiger partial charge >= 0.3 is 0 Å². The van der Waals surface area contributed by atoms with Crippen molar-refractivity contribution in [1.82, 2.24) is 14.5 Å². The van der Waals surface area contributed by atoms with E-state index >= 15 is 0 Å². The molecule has 3 aromatic rings. The Morgan fingerprint density at radius 3 is 2.69 bits per heavy atom. The summed E-state index contributed by atoms with van der Waals surface area (Å²) in [4.78, 5) is 8.57. The molecule has 6 N–H and O–H groups in total. The molecule has 0 aliphatic heterocycles. The fraction of sp³-hybridized carbons (Fsp3) is 0.294. The average Bonchev–Trinajstić information content (AvgIpc) is 2.94. The Morgan fingerprint density at radius 2 is 2.00 bits per heavy atom. The van der Waals surface area contributed by atoms with Gasteiger partial charge in [0.15, 0.2) is 0 Å². The monoisotopic (exact) mass is 372 g/mol. The summed E-state index contributed by atoms with van der Waals surface area (Å²) in [7, 11) is -3.79. The van der Waals surface area contributed by atoms with E-state index in [0.29, 0.717) is 29.9 Å². The second-order valence-corrected chi connectivity index (χ2v) is 8.27. The number of sulfonamides is 1. The van der Waals surface area contributed by atoms with Crippen LogP contribution in [0.5, 0.6) is 0 Å². The van der Waals surface area contributed by atoms with Crippen molar-refractivity contribution >= 4 is 26.9 Å². The number of hydrogen-bond acceptors (Lipinski definition) is 6. The number of hydrogen-bond donors (Lipinski definition) is 3. The molecule has 1 fully saturated rings. The van der Waals surface area contributed by atoms with Crippen LogP contribution < -0.4 is 16.6 Å². The van der Waals surface area contributed by atoms with Crippen LogP contribution >= 0.6 is 0 Å². The minimum atomic E-state index is -3.79. The van der Waals surface area contributed by atoms with Gasteiger partial charge in [-0.05, 0) is 43.0 Å². The molecule has 26 heavy (non-hydrogen) atoms. The number of aromatic nitrogens is 3. The van der Waals surface area contributed by atoms with Gasteiger partial charge in [0.1, 0.15) is 17.8 Å². The van der Waals surface area contributed by atoms with Gasteiger partial charge < -0.3 is 16.0 Å². The molecule has 0 unspecified atom stereocenters. The van der Waals surface area contributed by atoms with Crippen molar-refractivity contribution in [2.45, 2.75) is 23.8 Å². The van der Waals surface area contributed by atoms with Crippen LogP contribution in [0, 0.1) is 5.92 Å². The first-order chi connectivity index (χ1) is 12.4. The lowest BCUT2D eigenvalue weighted by Crippen LogP contribution is -2.31. The molecule has 0 radical (unpaired) electrons. The highest BCUT2D eigenvalue weighted by molar-refractivity contribution is 7.89. The van der Waals surface area contributed by atoms with Gasteiger partial charge in [-0.3, -0.25) is 0 Å². The molecule has 2 heterocycles. The van der Waals surface area contributed by atoms with Gasteiger partial charge in [0.05, 0.1) is 10.3 Å². The predicted octanol–water partition coefficient (Wildman–Crippen LogP) is 1.24. The lowest BCUT2D eigenvalue weighted by Gasteiger charge is -2.35. The zero-order valence-electron chi connectivity index (χ0n) is 14.0. The van der Waals surface area contributed by atoms with E-state index in [2.05, 4.69) is 14.5 Å². The van der Waals surface area contributed by atoms with Crippen LogP contribution in [0.2, 0.25) is 0 Å². The van der Waals surface area contributed by atoms with E-state index in [1.807, 2.05) is 12.3 Å². The van der Waals surface area contributed by atoms with Crippen LogP contribution in [0.3, 0.4) is 0 Å². The number of fused-ring (bicyclic) bond motifs is 1. The molecule has 4 rings (SSSR count). The maximum absolute atomic E-state index is 11.7. The van der Waals surface area contributed by atoms with Crippen LogP contribution in [0.15, 0.2) is 41.7 Å². The highest BCUT2D eigenvalue weighted by Crippen LogP contribution is 2.42. The Hall–Kier alpha value is -2.49. The molecule has 0 spiro atoms. The molecule has 1 aliphatic carbocycles. The molecule has 0 bridgehead atoms. The molecule has 0 amide bonds. The van der Waals surface area contributed by atoms with Gasteiger partial charge in [-0.25, -0.2) is 23.5 Å². The summed E-state index contributed by atoms with van der Waals surface area (Å²) in [6.45, 7) is 0.677. The third kappa shape index (κ3) is 2.74. The van der Waals surface area contributed by atoms with Crippen LogP contribution in [-0.2, 0) is 10.0 Å². The maximum Gasteiger partial charge on any atom is 0.238 e. The molecule has 2 aromatic heterocycles. The van der Waals surface area contributed by atoms with Crippen LogP contribution in [0.1, 0.15) is 18.9 Å². The number of primary sulfonamides is 1. The summed E-state index contributed by atoms with van der Waals surface area (Å²) < 4.78 is 25.5. The Kier molecular flexibility index (Phi) is 3.94. The highest BCUT2D eigenvalue weighted by atomic mass is 32.2. The van der Waals surface area contributed by atoms with E-state index in [-0.39, 0.29) is 4.90 Å². The Labute approximate surface area is 151 Å². The summed E-state index contributed by atoms with van der Waals surface area (Å²) in [5.41, 5.74) is 14.1. The van der Waals surface area contributed by atoms with Crippen molar-refractivity contribution in [3.8, 4) is 11.1 Å². The normalized spacial score (nSPS) is 20.2. The molecule has 0 saturated heterocycles. The molecule has 0 atom stereocenters. The minimum Gasteiger partial charge on any atom is -0.383 e. The summed E-state index contributed by atoms with van der Waals surface area (Å²) in [5, 5.41) is 5.98. The van der Waals surface area contributed by atoms with Gasteiger partial charge in [-0.2, -0.15) is 0 Å². The molecular formula is C17H20N6O2S. The lowest BCUT2D eigenvalue weighted by molar-refractivity contribution is 0.209. The summed E-state index contributed by atoms with van der Waals surface area (Å²) in [6.07, 6.45) is 5.38. The van der Waals surface area contributed by atoms with Crippen LogP contribution in [0.25, 0.3) is 22.2 Å². The van der Waals surface area contributed by atoms with E-state index in [4.69, 9.17) is 16.6 Å². The van der Waals surface area contributed by atoms with Crippen molar-refractivity contribution in [1.29, 1.82) is 0 Å². The van der Waals surface area contributed by atoms with Crippen molar-refractivity contribution in [3.63, 3.8) is 0 Å². The maximum atomic E-state index is 11.7. The Bertz CT molecular complexity index is 1090. The van der Waals surface area contributed by atoms with Gasteiger partial charge in [0.2, 0.25) is 10.0 Å². The van der Waals surface area contributed by atoms with Crippen molar-refractivity contribution < 1.29 is 8.42 Å². The molecule has 1 aromatic carbocycles. The predicted molar refractivity (Wildman–Crippen MR) is 99.6 cm³/mol. The van der Waals surface area contributed by atoms with Gasteiger partial charge in [0.25, 0.3) is 0 Å². The lowest BCUT2D eigenvalue weighted by atomic mass is 9.80. The highest BCUT2D eigenvalue weighted by Gasteiger charge is 2.31. The zero-order valence-corrected chi connectivity index (χ0v) is 14.9. The van der Waals surface area contributed by atoms with Crippen molar-refractivity contribution in [3.05, 3.63) is 36.8 Å². The fourth-order valence-corrected chi connectivity index (χ4v) is 4.13. The first-order valence-electron chi connectivity index (χ1n) is 8.32. The number of benzene rings is 1. The molecule has 1 saturated carbocycles. The van der Waals surface area contributed by atoms with Crippen molar-refractivity contribution in [2.24, 2.45) is 16.8 Å². The third-order valence-corrected chi connectivity index (χ3v) is 5.96. The van der Waals surface area contributed by atoms with Crippen LogP contribution in [0.4, 0.5) is 5.82 Å². The zero-order chi connectivity index (χ0) is 18.5. The second kappa shape index (κ2) is 6.04. The smallest absolute Gasteiger partial charge is 0.238 e. The molecular weight excluding hydrogens is 352 g/mol. The van der Waals surface area contributed by atoms with Gasteiger partial charge in [-0.15, -0.1) is 0 Å². The SMILES string of the molecule is NCC1CC(n2cc(-c3cccc(S(N)(=O)=O)c3)c3c(N)ncnc32)C1. The van der Waals surface area contributed by atoms with E-state index in [1.54, 1.807) is 12.1 Å². The van der Waals surface area contributed by atoms with Crippen LogP contribution in [-0.4, -0.2) is 29.5 Å². The van der Waals surface area contributed by atoms with Crippen molar-refractivity contribution in [2.75, 3.05) is 12.3 Å². The number of nitrogens with two attached hydrogens (primary N) is 3. The number of nitrogens with zero attached hydrogens (tertiary/aromatic N) is 3. The molecule has 136 valence electrons. The minimum absolute atomic E-state index is 0.0539. The first kappa shape index (κ1) is 17.0. The van der Waals surface area contributed by atoms with Gasteiger partial charge in [0, 0.05) is 17.8 Å². The third-order valence-electron chi connectivity index (χ3n) is 5.05. The Balaban J connectivity index is 1.89. The molecule has 9 heteroatoms. The quantitative estimate of drug-likeness (QED) is 0.628. The summed E-state index contributed by atoms with van der Waals surface area (Å²) in [5.74, 6) is 0.880. The number of nitrogen functional groups attached to an aromatic ring is 1. The summed E-state index contributed by atoms with van der Waals surface area (Å²) >= 11 is 0. The number of rotatable bonds is 4. The first-order valence-corrected chi connectivity index (χ1v) is 9.87. The standard InChI is InChI=1S/C17H20N6O2S/c18-7-10-4-12(5-10)23-8-14(15-16(19)21-9-22-17(15)23)11-2-1-3-13(6-11)26(20,24)25/h1-3,6,8-10,12H,4-5,7,18H2,(H2,19,21,22)(H2,20,24,25). The second-order valence-electron chi connectivity index (χ2n) is 6.71. The van der Waals surface area contributed by atoms with Gasteiger partial charge in [-0.1, -0.05) is 12.1 Å². The van der Waals surface area contributed by atoms with E-state index < -0.39 is 10.0 Å². The molecule has 8 nitrogen and oxygen atoms in total. The van der Waals surface area contributed by atoms with E-state index in [1.165, 1.54) is 12.4 Å². The largest absolute Gasteiger partial charge is 0.383 e. The average molecular weight is 372 g/mol. The van der Waals surface area contributed by atoms with E-state index in [0.717, 1.165) is 29.4 Å². The number of anilines is 1. The topological polar surface area (TPSA) is 143 Å². The fourth-order valence-electron chi connectivity index (χ4n) is 3.57. The Morgan fingerprint density at radius 1 is 1.23 bits per heavy atom.